The molecule has 1 aliphatic carbocycles. The zero-order chi connectivity index (χ0) is 23.8. The number of benzene rings is 2. The monoisotopic (exact) mass is 468 g/mol. The lowest BCUT2D eigenvalue weighted by Crippen LogP contribution is -2.19. The van der Waals surface area contributed by atoms with Gasteiger partial charge in [0, 0.05) is 23.9 Å². The van der Waals surface area contributed by atoms with E-state index in [1.165, 1.54) is 23.8 Å². The zero-order valence-corrected chi connectivity index (χ0v) is 19.8. The van der Waals surface area contributed by atoms with Crippen molar-refractivity contribution in [1.29, 1.82) is 5.26 Å². The van der Waals surface area contributed by atoms with E-state index in [0.717, 1.165) is 18.4 Å². The Morgan fingerprint density at radius 1 is 1.30 bits per heavy atom. The fraction of sp³-hybridized carbons (Fsp3) is 0.375. The van der Waals surface area contributed by atoms with Crippen LogP contribution in [-0.4, -0.2) is 45.0 Å². The van der Waals surface area contributed by atoms with Crippen molar-refractivity contribution in [2.75, 3.05) is 19.4 Å². The molecule has 0 saturated heterocycles. The summed E-state index contributed by atoms with van der Waals surface area (Å²) in [5.41, 5.74) is 4.89. The lowest BCUT2D eigenvalue weighted by Gasteiger charge is -2.11. The van der Waals surface area contributed by atoms with Crippen molar-refractivity contribution < 1.29 is 18.6 Å². The number of nitriles is 1. The number of fused-ring (bicyclic) bond motifs is 1. The van der Waals surface area contributed by atoms with Crippen LogP contribution in [-0.2, 0) is 23.8 Å². The van der Waals surface area contributed by atoms with Gasteiger partial charge in [-0.25, -0.2) is 8.93 Å². The number of aryl methyl sites for hydroxylation is 1. The van der Waals surface area contributed by atoms with Gasteiger partial charge in [0.05, 0.1) is 29.3 Å². The van der Waals surface area contributed by atoms with Crippen LogP contribution in [0.2, 0.25) is 0 Å². The maximum Gasteiger partial charge on any atom is 0.258 e. The standard InChI is InChI=1S/C21H19N3O2.C3H9NO2S/c1-13(2)25-19-10-9-15(11-16(19)12-22)21-23-20(24-26-21)18-8-4-6-14-5-3-7-17(14)18;1-7(6)4-2-3-5/h4,6,8-11,13H,3,5,7H2,1-2H3;4-5H,2-3H2,1H3. The molecule has 2 N–H and O–H groups in total. The number of aliphatic hydroxyl groups excluding tert-OH is 1. The summed E-state index contributed by atoms with van der Waals surface area (Å²) in [5, 5.41) is 21.7. The number of ether oxygens (including phenoxy) is 1. The van der Waals surface area contributed by atoms with Gasteiger partial charge >= 0.3 is 0 Å². The van der Waals surface area contributed by atoms with Crippen LogP contribution in [0.1, 0.15) is 37.0 Å². The fourth-order valence-corrected chi connectivity index (χ4v) is 3.95. The fourth-order valence-electron chi connectivity index (χ4n) is 3.58. The molecule has 0 spiro atoms. The highest BCUT2D eigenvalue weighted by Gasteiger charge is 2.20. The van der Waals surface area contributed by atoms with E-state index in [0.29, 0.717) is 35.1 Å². The molecule has 1 heterocycles. The highest BCUT2D eigenvalue weighted by Crippen LogP contribution is 2.32. The number of hydrogen-bond acceptors (Lipinski definition) is 7. The van der Waals surface area contributed by atoms with Gasteiger partial charge in [-0.2, -0.15) is 10.2 Å². The normalized spacial score (nSPS) is 13.1. The average Bonchev–Trinajstić information content (AvgIpc) is 3.47. The van der Waals surface area contributed by atoms with Gasteiger partial charge in [-0.15, -0.1) is 0 Å². The second kappa shape index (κ2) is 11.7. The van der Waals surface area contributed by atoms with E-state index >= 15 is 0 Å². The Labute approximate surface area is 196 Å². The molecule has 33 heavy (non-hydrogen) atoms. The molecular formula is C24H28N4O4S. The van der Waals surface area contributed by atoms with Crippen molar-refractivity contribution in [2.24, 2.45) is 0 Å². The molecular weight excluding hydrogens is 440 g/mol. The molecule has 0 fully saturated rings. The van der Waals surface area contributed by atoms with Crippen LogP contribution in [0.3, 0.4) is 0 Å². The number of rotatable bonds is 7. The molecule has 4 rings (SSSR count). The van der Waals surface area contributed by atoms with Gasteiger partial charge < -0.3 is 14.4 Å². The van der Waals surface area contributed by atoms with Crippen molar-refractivity contribution >= 4 is 11.0 Å². The summed E-state index contributed by atoms with van der Waals surface area (Å²) in [6.07, 6.45) is 4.85. The lowest BCUT2D eigenvalue weighted by atomic mass is 10.0. The smallest absolute Gasteiger partial charge is 0.258 e. The van der Waals surface area contributed by atoms with Gasteiger partial charge in [0.15, 0.2) is 0 Å². The summed E-state index contributed by atoms with van der Waals surface area (Å²) in [6, 6.07) is 13.8. The van der Waals surface area contributed by atoms with Crippen LogP contribution in [0.4, 0.5) is 0 Å². The molecule has 0 amide bonds. The van der Waals surface area contributed by atoms with Gasteiger partial charge in [-0.3, -0.25) is 0 Å². The third-order valence-electron chi connectivity index (χ3n) is 4.94. The van der Waals surface area contributed by atoms with Crippen LogP contribution >= 0.6 is 0 Å². The first kappa shape index (κ1) is 24.6. The molecule has 0 radical (unpaired) electrons. The molecule has 1 unspecified atom stereocenters. The Bertz CT molecular complexity index is 1150. The van der Waals surface area contributed by atoms with Gasteiger partial charge in [0.1, 0.15) is 11.8 Å². The topological polar surface area (TPSA) is 121 Å². The highest BCUT2D eigenvalue weighted by atomic mass is 32.2. The summed E-state index contributed by atoms with van der Waals surface area (Å²) >= 11 is 0. The first-order valence-electron chi connectivity index (χ1n) is 10.8. The summed E-state index contributed by atoms with van der Waals surface area (Å²) in [7, 11) is -0.975. The number of nitrogens with one attached hydrogen (secondary N) is 1. The Morgan fingerprint density at radius 2 is 2.12 bits per heavy atom. The Kier molecular flexibility index (Phi) is 8.72. The molecule has 2 aromatic carbocycles. The SMILES string of the molecule is CC(C)Oc1ccc(-c2nc(-c3cccc4c3CCC4)no2)cc1C#N.CS(=O)NCCO. The number of hydrogen-bond donors (Lipinski definition) is 2. The predicted octanol–water partition coefficient (Wildman–Crippen LogP) is 3.41. The van der Waals surface area contributed by atoms with Crippen LogP contribution in [0.15, 0.2) is 40.9 Å². The minimum Gasteiger partial charge on any atom is -0.490 e. The summed E-state index contributed by atoms with van der Waals surface area (Å²) in [5.74, 6) is 1.56. The lowest BCUT2D eigenvalue weighted by molar-refractivity contribution is 0.241. The molecule has 1 atom stereocenters. The molecule has 174 valence electrons. The quantitative estimate of drug-likeness (QED) is 0.545. The summed E-state index contributed by atoms with van der Waals surface area (Å²) in [4.78, 5) is 4.57. The minimum absolute atomic E-state index is 0.00290. The van der Waals surface area contributed by atoms with E-state index in [2.05, 4.69) is 27.0 Å². The molecule has 0 aliphatic heterocycles. The van der Waals surface area contributed by atoms with E-state index in [1.807, 2.05) is 32.0 Å². The first-order chi connectivity index (χ1) is 15.9. The second-order valence-corrected chi connectivity index (χ2v) is 8.98. The zero-order valence-electron chi connectivity index (χ0n) is 19.0. The molecule has 0 saturated carbocycles. The van der Waals surface area contributed by atoms with Gasteiger partial charge in [-0.05, 0) is 62.4 Å². The predicted molar refractivity (Wildman–Crippen MR) is 127 cm³/mol. The van der Waals surface area contributed by atoms with Crippen molar-refractivity contribution in [3.63, 3.8) is 0 Å². The van der Waals surface area contributed by atoms with E-state index < -0.39 is 11.0 Å². The van der Waals surface area contributed by atoms with Crippen LogP contribution in [0.5, 0.6) is 5.75 Å². The molecule has 1 aromatic heterocycles. The van der Waals surface area contributed by atoms with Crippen molar-refractivity contribution in [1.82, 2.24) is 14.9 Å². The average molecular weight is 469 g/mol. The first-order valence-corrected chi connectivity index (χ1v) is 12.3. The number of aliphatic hydroxyl groups is 1. The van der Waals surface area contributed by atoms with Crippen LogP contribution < -0.4 is 9.46 Å². The van der Waals surface area contributed by atoms with Crippen molar-refractivity contribution in [3.8, 4) is 34.7 Å². The highest BCUT2D eigenvalue weighted by molar-refractivity contribution is 7.82. The minimum atomic E-state index is -0.975. The number of aromatic nitrogens is 2. The van der Waals surface area contributed by atoms with Gasteiger partial charge in [0.25, 0.3) is 5.89 Å². The maximum atomic E-state index is 10.1. The third kappa shape index (κ3) is 6.48. The van der Waals surface area contributed by atoms with Crippen molar-refractivity contribution in [3.05, 3.63) is 53.1 Å². The summed E-state index contributed by atoms with van der Waals surface area (Å²) in [6.45, 7) is 4.30. The Balaban J connectivity index is 0.000000383. The Morgan fingerprint density at radius 3 is 2.79 bits per heavy atom. The molecule has 9 heteroatoms. The maximum absolute atomic E-state index is 10.1. The van der Waals surface area contributed by atoms with E-state index in [-0.39, 0.29) is 12.7 Å². The number of nitrogens with zero attached hydrogens (tertiary/aromatic N) is 3. The van der Waals surface area contributed by atoms with Gasteiger partial charge in [-0.1, -0.05) is 23.4 Å². The molecule has 8 nitrogen and oxygen atoms in total. The van der Waals surface area contributed by atoms with Crippen LogP contribution in [0.25, 0.3) is 22.8 Å². The van der Waals surface area contributed by atoms with E-state index in [9.17, 15) is 9.47 Å². The second-order valence-electron chi connectivity index (χ2n) is 7.78. The van der Waals surface area contributed by atoms with Crippen molar-refractivity contribution in [2.45, 2.75) is 39.2 Å². The Hall–Kier alpha value is -3.06. The van der Waals surface area contributed by atoms with E-state index in [1.54, 1.807) is 12.1 Å². The molecule has 1 aliphatic rings. The van der Waals surface area contributed by atoms with Crippen LogP contribution in [0, 0.1) is 11.3 Å². The molecule has 3 aromatic rings. The summed E-state index contributed by atoms with van der Waals surface area (Å²) < 4.78 is 23.7. The van der Waals surface area contributed by atoms with Gasteiger partial charge in [0.2, 0.25) is 5.82 Å². The molecule has 0 bridgehead atoms. The largest absolute Gasteiger partial charge is 0.490 e. The van der Waals surface area contributed by atoms with E-state index in [4.69, 9.17) is 14.4 Å². The third-order valence-corrected chi connectivity index (χ3v) is 5.55.